The molecule has 0 aliphatic heterocycles. The number of fused-ring (bicyclic) bond motifs is 2. The van der Waals surface area contributed by atoms with Crippen molar-refractivity contribution in [2.45, 2.75) is 31.6 Å². The van der Waals surface area contributed by atoms with Gasteiger partial charge in [0.05, 0.1) is 0 Å². The molecule has 4 rings (SSSR count). The maximum absolute atomic E-state index is 5.38. The molecule has 0 aromatic carbocycles. The highest BCUT2D eigenvalue weighted by Gasteiger charge is 2.42. The van der Waals surface area contributed by atoms with Crippen molar-refractivity contribution in [3.05, 3.63) is 12.2 Å². The molecule has 2 aromatic heterocycles. The van der Waals surface area contributed by atoms with Gasteiger partial charge in [-0.15, -0.1) is 0 Å². The van der Waals surface area contributed by atoms with Crippen molar-refractivity contribution < 1.29 is 4.52 Å². The lowest BCUT2D eigenvalue weighted by Gasteiger charge is -2.16. The van der Waals surface area contributed by atoms with Crippen LogP contribution in [0.25, 0.3) is 11.6 Å². The third kappa shape index (κ3) is 1.40. The molecule has 2 aliphatic rings. The Kier molecular flexibility index (Phi) is 1.86. The summed E-state index contributed by atoms with van der Waals surface area (Å²) < 4.78 is 5.38. The van der Waals surface area contributed by atoms with E-state index in [0.29, 0.717) is 17.6 Å². The maximum Gasteiger partial charge on any atom is 0.239 e. The number of aromatic amines is 1. The molecule has 2 bridgehead atoms. The van der Waals surface area contributed by atoms with E-state index < -0.39 is 0 Å². The zero-order valence-corrected chi connectivity index (χ0v) is 9.33. The largest absolute Gasteiger partial charge is 0.339 e. The fraction of sp³-hybridized carbons (Fsp3) is 0.636. The highest BCUT2D eigenvalue weighted by atomic mass is 16.5. The Morgan fingerprint density at radius 3 is 3.00 bits per heavy atom. The lowest BCUT2D eigenvalue weighted by molar-refractivity contribution is 0.302. The van der Waals surface area contributed by atoms with Crippen molar-refractivity contribution in [1.82, 2.24) is 25.3 Å². The first-order valence-corrected chi connectivity index (χ1v) is 6.09. The average Bonchev–Trinajstić information content (AvgIpc) is 3.12. The summed E-state index contributed by atoms with van der Waals surface area (Å²) in [5.74, 6) is 3.97. The first kappa shape index (κ1) is 9.32. The minimum absolute atomic E-state index is 0.470. The van der Waals surface area contributed by atoms with Crippen LogP contribution in [0.5, 0.6) is 0 Å². The van der Waals surface area contributed by atoms with Crippen LogP contribution < -0.4 is 0 Å². The maximum atomic E-state index is 5.38. The molecule has 2 saturated carbocycles. The van der Waals surface area contributed by atoms with Crippen molar-refractivity contribution >= 4 is 0 Å². The second kappa shape index (κ2) is 3.38. The van der Waals surface area contributed by atoms with E-state index >= 15 is 0 Å². The summed E-state index contributed by atoms with van der Waals surface area (Å²) in [6.45, 7) is 0. The Hall–Kier alpha value is -1.72. The minimum Gasteiger partial charge on any atom is -0.339 e. The Morgan fingerprint density at radius 2 is 2.29 bits per heavy atom. The third-order valence-electron chi connectivity index (χ3n) is 4.12. The molecular weight excluding hydrogens is 218 g/mol. The monoisotopic (exact) mass is 231 g/mol. The summed E-state index contributed by atoms with van der Waals surface area (Å²) in [5, 5.41) is 10.5. The zero-order chi connectivity index (χ0) is 11.2. The van der Waals surface area contributed by atoms with Gasteiger partial charge in [-0.05, 0) is 31.1 Å². The molecule has 2 fully saturated rings. The van der Waals surface area contributed by atoms with Gasteiger partial charge >= 0.3 is 0 Å². The van der Waals surface area contributed by atoms with Gasteiger partial charge in [0.25, 0.3) is 0 Å². The van der Waals surface area contributed by atoms with Crippen LogP contribution in [0.15, 0.2) is 10.9 Å². The number of hydrogen-bond donors (Lipinski definition) is 1. The van der Waals surface area contributed by atoms with Crippen molar-refractivity contribution in [1.29, 1.82) is 0 Å². The van der Waals surface area contributed by atoms with Crippen LogP contribution in [0.3, 0.4) is 0 Å². The first-order valence-electron chi connectivity index (χ1n) is 6.09. The van der Waals surface area contributed by atoms with E-state index in [1.165, 1.54) is 32.0 Å². The molecule has 0 radical (unpaired) electrons. The predicted molar refractivity (Wildman–Crippen MR) is 57.9 cm³/mol. The Bertz CT molecular complexity index is 520. The second-order valence-corrected chi connectivity index (χ2v) is 5.07. The summed E-state index contributed by atoms with van der Waals surface area (Å²) >= 11 is 0. The van der Waals surface area contributed by atoms with E-state index in [1.54, 1.807) is 0 Å². The number of nitrogens with one attached hydrogen (secondary N) is 1. The summed E-state index contributed by atoms with van der Waals surface area (Å²) in [5.41, 5.74) is 0. The van der Waals surface area contributed by atoms with Gasteiger partial charge in [0.1, 0.15) is 6.33 Å². The van der Waals surface area contributed by atoms with Crippen LogP contribution in [-0.2, 0) is 0 Å². The topological polar surface area (TPSA) is 80.5 Å². The molecule has 3 unspecified atom stereocenters. The summed E-state index contributed by atoms with van der Waals surface area (Å²) in [6.07, 6.45) is 6.69. The quantitative estimate of drug-likeness (QED) is 0.851. The molecule has 0 amide bonds. The van der Waals surface area contributed by atoms with Gasteiger partial charge in [-0.25, -0.2) is 4.98 Å². The number of nitrogens with zero attached hydrogens (tertiary/aromatic N) is 4. The van der Waals surface area contributed by atoms with Crippen LogP contribution in [0, 0.1) is 11.8 Å². The van der Waals surface area contributed by atoms with E-state index in [2.05, 4.69) is 25.3 Å². The van der Waals surface area contributed by atoms with E-state index in [1.807, 2.05) is 0 Å². The fourth-order valence-corrected chi connectivity index (χ4v) is 3.34. The Labute approximate surface area is 97.8 Å². The number of H-pyrrole nitrogens is 1. The fourth-order valence-electron chi connectivity index (χ4n) is 3.34. The van der Waals surface area contributed by atoms with Crippen molar-refractivity contribution in [3.63, 3.8) is 0 Å². The van der Waals surface area contributed by atoms with Crippen LogP contribution in [-0.4, -0.2) is 25.3 Å². The van der Waals surface area contributed by atoms with Crippen molar-refractivity contribution in [2.75, 3.05) is 0 Å². The summed E-state index contributed by atoms with van der Waals surface area (Å²) in [7, 11) is 0. The third-order valence-corrected chi connectivity index (χ3v) is 4.12. The second-order valence-electron chi connectivity index (χ2n) is 5.07. The molecule has 3 atom stereocenters. The van der Waals surface area contributed by atoms with Gasteiger partial charge in [0.15, 0.2) is 5.82 Å². The SMILES string of the molecule is c1n[nH]c(-c2noc(C3CC4CCC3C4)n2)n1. The molecule has 17 heavy (non-hydrogen) atoms. The van der Waals surface area contributed by atoms with Crippen molar-refractivity contribution in [3.8, 4) is 11.6 Å². The van der Waals surface area contributed by atoms with Gasteiger partial charge in [0, 0.05) is 5.92 Å². The van der Waals surface area contributed by atoms with Crippen LogP contribution in [0.4, 0.5) is 0 Å². The predicted octanol–water partition coefficient (Wildman–Crippen LogP) is 1.76. The molecule has 88 valence electrons. The highest BCUT2D eigenvalue weighted by molar-refractivity contribution is 5.39. The lowest BCUT2D eigenvalue weighted by Crippen LogP contribution is -2.08. The van der Waals surface area contributed by atoms with Gasteiger partial charge in [-0.3, -0.25) is 5.10 Å². The van der Waals surface area contributed by atoms with Gasteiger partial charge in [0.2, 0.25) is 11.7 Å². The van der Waals surface area contributed by atoms with E-state index in [4.69, 9.17) is 4.52 Å². The van der Waals surface area contributed by atoms with Gasteiger partial charge in [-0.1, -0.05) is 11.6 Å². The zero-order valence-electron chi connectivity index (χ0n) is 9.33. The Morgan fingerprint density at radius 1 is 1.29 bits per heavy atom. The summed E-state index contributed by atoms with van der Waals surface area (Å²) in [6, 6.07) is 0. The number of hydrogen-bond acceptors (Lipinski definition) is 5. The average molecular weight is 231 g/mol. The molecule has 6 heteroatoms. The molecule has 6 nitrogen and oxygen atoms in total. The standard InChI is InChI=1S/C11H13N5O/c1-2-7-3-6(1)4-8(7)11-14-10(16-17-11)9-12-5-13-15-9/h5-8H,1-4H2,(H,12,13,15). The number of rotatable bonds is 2. The van der Waals surface area contributed by atoms with Crippen LogP contribution in [0.2, 0.25) is 0 Å². The van der Waals surface area contributed by atoms with E-state index in [0.717, 1.165) is 17.7 Å². The smallest absolute Gasteiger partial charge is 0.239 e. The molecule has 2 aromatic rings. The molecule has 1 N–H and O–H groups in total. The molecule has 2 heterocycles. The number of aromatic nitrogens is 5. The van der Waals surface area contributed by atoms with E-state index in [-0.39, 0.29) is 0 Å². The lowest BCUT2D eigenvalue weighted by atomic mass is 9.89. The minimum atomic E-state index is 0.470. The molecule has 2 aliphatic carbocycles. The van der Waals surface area contributed by atoms with E-state index in [9.17, 15) is 0 Å². The molecule has 0 spiro atoms. The van der Waals surface area contributed by atoms with Gasteiger partial charge < -0.3 is 4.52 Å². The molecule has 0 saturated heterocycles. The van der Waals surface area contributed by atoms with Crippen molar-refractivity contribution in [2.24, 2.45) is 11.8 Å². The Balaban J connectivity index is 1.63. The summed E-state index contributed by atoms with van der Waals surface area (Å²) in [4.78, 5) is 8.46. The van der Waals surface area contributed by atoms with Crippen LogP contribution in [0.1, 0.15) is 37.5 Å². The highest BCUT2D eigenvalue weighted by Crippen LogP contribution is 2.52. The van der Waals surface area contributed by atoms with Gasteiger partial charge in [-0.2, -0.15) is 10.1 Å². The normalized spacial score (nSPS) is 31.2. The molecular formula is C11H13N5O. The van der Waals surface area contributed by atoms with Crippen LogP contribution >= 0.6 is 0 Å². The first-order chi connectivity index (χ1) is 8.40.